The molecule has 0 aromatic heterocycles. The fraction of sp³-hybridized carbons (Fsp3) is 0.778. The SMILES string of the molecule is CC1(CCCO)C=CCCO1. The van der Waals surface area contributed by atoms with E-state index in [-0.39, 0.29) is 12.2 Å². The molecule has 0 amide bonds. The van der Waals surface area contributed by atoms with Crippen LogP contribution in [0.25, 0.3) is 0 Å². The van der Waals surface area contributed by atoms with Gasteiger partial charge in [-0.25, -0.2) is 0 Å². The Kier molecular flexibility index (Phi) is 3.09. The molecule has 1 N–H and O–H groups in total. The molecule has 1 atom stereocenters. The maximum absolute atomic E-state index is 8.63. The van der Waals surface area contributed by atoms with Gasteiger partial charge < -0.3 is 9.84 Å². The van der Waals surface area contributed by atoms with Gasteiger partial charge in [-0.15, -0.1) is 0 Å². The summed E-state index contributed by atoms with van der Waals surface area (Å²) >= 11 is 0. The van der Waals surface area contributed by atoms with Gasteiger partial charge in [0.2, 0.25) is 0 Å². The van der Waals surface area contributed by atoms with Crippen molar-refractivity contribution in [3.63, 3.8) is 0 Å². The summed E-state index contributed by atoms with van der Waals surface area (Å²) in [7, 11) is 0. The molecule has 2 nitrogen and oxygen atoms in total. The number of rotatable bonds is 3. The minimum absolute atomic E-state index is 0.110. The minimum atomic E-state index is -0.110. The highest BCUT2D eigenvalue weighted by atomic mass is 16.5. The first-order valence-electron chi connectivity index (χ1n) is 4.19. The van der Waals surface area contributed by atoms with Gasteiger partial charge in [0.05, 0.1) is 12.2 Å². The summed E-state index contributed by atoms with van der Waals surface area (Å²) < 4.78 is 5.57. The highest BCUT2D eigenvalue weighted by Crippen LogP contribution is 2.22. The van der Waals surface area contributed by atoms with E-state index in [1.54, 1.807) is 0 Å². The van der Waals surface area contributed by atoms with Crippen molar-refractivity contribution in [2.24, 2.45) is 0 Å². The van der Waals surface area contributed by atoms with E-state index in [1.807, 2.05) is 0 Å². The van der Waals surface area contributed by atoms with Gasteiger partial charge in [-0.05, 0) is 26.2 Å². The smallest absolute Gasteiger partial charge is 0.0835 e. The third-order valence-corrected chi connectivity index (χ3v) is 2.02. The number of hydrogen-bond acceptors (Lipinski definition) is 2. The van der Waals surface area contributed by atoms with E-state index >= 15 is 0 Å². The zero-order valence-corrected chi connectivity index (χ0v) is 7.05. The quantitative estimate of drug-likeness (QED) is 0.627. The summed E-state index contributed by atoms with van der Waals surface area (Å²) in [5, 5.41) is 8.63. The number of hydrogen-bond donors (Lipinski definition) is 1. The highest BCUT2D eigenvalue weighted by molar-refractivity contribution is 5.02. The molecule has 0 aromatic rings. The lowest BCUT2D eigenvalue weighted by Gasteiger charge is -2.29. The Labute approximate surface area is 67.9 Å². The Bertz CT molecular complexity index is 142. The molecule has 1 rings (SSSR count). The zero-order valence-electron chi connectivity index (χ0n) is 7.05. The first kappa shape index (κ1) is 8.75. The average Bonchev–Trinajstić information content (AvgIpc) is 2.03. The van der Waals surface area contributed by atoms with Gasteiger partial charge in [-0.3, -0.25) is 0 Å². The summed E-state index contributed by atoms with van der Waals surface area (Å²) in [6.07, 6.45) is 7.02. The topological polar surface area (TPSA) is 29.5 Å². The molecule has 0 radical (unpaired) electrons. The van der Waals surface area contributed by atoms with Gasteiger partial charge in [0, 0.05) is 6.61 Å². The molecule has 0 bridgehead atoms. The standard InChI is InChI=1S/C9H16O2/c1-9(6-4-7-10)5-2-3-8-11-9/h2,5,10H,3-4,6-8H2,1H3. The molecule has 0 aromatic carbocycles. The van der Waals surface area contributed by atoms with Gasteiger partial charge in [-0.2, -0.15) is 0 Å². The first-order valence-corrected chi connectivity index (χ1v) is 4.19. The molecule has 0 spiro atoms. The predicted molar refractivity (Wildman–Crippen MR) is 44.4 cm³/mol. The fourth-order valence-electron chi connectivity index (χ4n) is 1.33. The van der Waals surface area contributed by atoms with Crippen LogP contribution in [0.15, 0.2) is 12.2 Å². The maximum atomic E-state index is 8.63. The van der Waals surface area contributed by atoms with Crippen molar-refractivity contribution in [3.05, 3.63) is 12.2 Å². The molecule has 1 heterocycles. The molecule has 1 aliphatic rings. The van der Waals surface area contributed by atoms with Crippen molar-refractivity contribution in [1.82, 2.24) is 0 Å². The van der Waals surface area contributed by atoms with Crippen LogP contribution in [0.3, 0.4) is 0 Å². The summed E-state index contributed by atoms with van der Waals surface area (Å²) in [6, 6.07) is 0. The summed E-state index contributed by atoms with van der Waals surface area (Å²) in [5.41, 5.74) is -0.110. The van der Waals surface area contributed by atoms with E-state index in [2.05, 4.69) is 19.1 Å². The third kappa shape index (κ3) is 2.64. The van der Waals surface area contributed by atoms with Gasteiger partial charge >= 0.3 is 0 Å². The van der Waals surface area contributed by atoms with Crippen molar-refractivity contribution in [2.75, 3.05) is 13.2 Å². The summed E-state index contributed by atoms with van der Waals surface area (Å²) in [5.74, 6) is 0. The van der Waals surface area contributed by atoms with Crippen molar-refractivity contribution < 1.29 is 9.84 Å². The molecule has 0 saturated heterocycles. The number of aliphatic hydroxyl groups is 1. The van der Waals surface area contributed by atoms with Crippen LogP contribution in [0.1, 0.15) is 26.2 Å². The zero-order chi connectivity index (χ0) is 8.16. The van der Waals surface area contributed by atoms with Crippen molar-refractivity contribution in [2.45, 2.75) is 31.8 Å². The lowest BCUT2D eigenvalue weighted by Crippen LogP contribution is -2.29. The third-order valence-electron chi connectivity index (χ3n) is 2.02. The normalized spacial score (nSPS) is 30.7. The van der Waals surface area contributed by atoms with Crippen LogP contribution in [0.4, 0.5) is 0 Å². The number of aliphatic hydroxyl groups excluding tert-OH is 1. The van der Waals surface area contributed by atoms with Crippen molar-refractivity contribution >= 4 is 0 Å². The Morgan fingerprint density at radius 3 is 3.00 bits per heavy atom. The Morgan fingerprint density at radius 2 is 2.45 bits per heavy atom. The Hall–Kier alpha value is -0.340. The molecule has 64 valence electrons. The average molecular weight is 156 g/mol. The van der Waals surface area contributed by atoms with Crippen LogP contribution in [-0.2, 0) is 4.74 Å². The van der Waals surface area contributed by atoms with E-state index < -0.39 is 0 Å². The largest absolute Gasteiger partial charge is 0.396 e. The second-order valence-electron chi connectivity index (χ2n) is 3.18. The molecule has 0 aliphatic carbocycles. The second-order valence-corrected chi connectivity index (χ2v) is 3.18. The van der Waals surface area contributed by atoms with E-state index in [4.69, 9.17) is 9.84 Å². The molecular formula is C9H16O2. The molecule has 2 heteroatoms. The summed E-state index contributed by atoms with van der Waals surface area (Å²) in [6.45, 7) is 3.14. The van der Waals surface area contributed by atoms with Crippen LogP contribution in [0, 0.1) is 0 Å². The van der Waals surface area contributed by atoms with Gasteiger partial charge in [0.25, 0.3) is 0 Å². The first-order chi connectivity index (χ1) is 5.27. The second kappa shape index (κ2) is 3.88. The van der Waals surface area contributed by atoms with E-state index in [9.17, 15) is 0 Å². The minimum Gasteiger partial charge on any atom is -0.396 e. The maximum Gasteiger partial charge on any atom is 0.0835 e. The van der Waals surface area contributed by atoms with Crippen LogP contribution >= 0.6 is 0 Å². The fourth-order valence-corrected chi connectivity index (χ4v) is 1.33. The monoisotopic (exact) mass is 156 g/mol. The van der Waals surface area contributed by atoms with Gasteiger partial charge in [0.15, 0.2) is 0 Å². The molecule has 1 aliphatic heterocycles. The van der Waals surface area contributed by atoms with Crippen LogP contribution in [0.2, 0.25) is 0 Å². The van der Waals surface area contributed by atoms with Gasteiger partial charge in [0.1, 0.15) is 0 Å². The number of ether oxygens (including phenoxy) is 1. The highest BCUT2D eigenvalue weighted by Gasteiger charge is 2.22. The molecule has 0 saturated carbocycles. The van der Waals surface area contributed by atoms with E-state index in [0.29, 0.717) is 0 Å². The lowest BCUT2D eigenvalue weighted by atomic mass is 9.97. The van der Waals surface area contributed by atoms with Crippen LogP contribution in [-0.4, -0.2) is 23.9 Å². The Balaban J connectivity index is 2.37. The Morgan fingerprint density at radius 1 is 1.64 bits per heavy atom. The van der Waals surface area contributed by atoms with E-state index in [1.165, 1.54) is 0 Å². The van der Waals surface area contributed by atoms with Crippen molar-refractivity contribution in [1.29, 1.82) is 0 Å². The molecule has 0 fully saturated rings. The van der Waals surface area contributed by atoms with Crippen molar-refractivity contribution in [3.8, 4) is 0 Å². The molecule has 11 heavy (non-hydrogen) atoms. The van der Waals surface area contributed by atoms with Crippen LogP contribution in [0.5, 0.6) is 0 Å². The molecule has 1 unspecified atom stereocenters. The molecular weight excluding hydrogens is 140 g/mol. The summed E-state index contributed by atoms with van der Waals surface area (Å²) in [4.78, 5) is 0. The predicted octanol–water partition coefficient (Wildman–Crippen LogP) is 1.49. The lowest BCUT2D eigenvalue weighted by molar-refractivity contribution is -0.00991. The van der Waals surface area contributed by atoms with Gasteiger partial charge in [-0.1, -0.05) is 12.2 Å². The van der Waals surface area contributed by atoms with Crippen LogP contribution < -0.4 is 0 Å². The van der Waals surface area contributed by atoms with E-state index in [0.717, 1.165) is 25.9 Å².